The molecule has 57 heavy (non-hydrogen) atoms. The summed E-state index contributed by atoms with van der Waals surface area (Å²) in [6.07, 6.45) is 0. The Hall–Kier alpha value is -7.16. The highest BCUT2D eigenvalue weighted by Crippen LogP contribution is 2.52. The van der Waals surface area contributed by atoms with Gasteiger partial charge in [-0.15, -0.1) is 0 Å². The van der Waals surface area contributed by atoms with Crippen LogP contribution in [0.15, 0.2) is 206 Å². The smallest absolute Gasteiger partial charge is 0.160 e. The lowest BCUT2D eigenvalue weighted by Gasteiger charge is -2.23. The molecule has 0 atom stereocenters. The van der Waals surface area contributed by atoms with Crippen molar-refractivity contribution in [3.05, 3.63) is 217 Å². The summed E-state index contributed by atoms with van der Waals surface area (Å²) in [5.74, 6) is 0.697. The summed E-state index contributed by atoms with van der Waals surface area (Å²) < 4.78 is 0. The Labute approximate surface area is 334 Å². The van der Waals surface area contributed by atoms with Gasteiger partial charge >= 0.3 is 0 Å². The summed E-state index contributed by atoms with van der Waals surface area (Å²) in [6.45, 7) is 4.71. The van der Waals surface area contributed by atoms with Crippen molar-refractivity contribution in [3.8, 4) is 89.5 Å². The lowest BCUT2D eigenvalue weighted by Crippen LogP contribution is -2.15. The van der Waals surface area contributed by atoms with Crippen LogP contribution in [0.2, 0.25) is 0 Å². The third-order valence-corrected chi connectivity index (χ3v) is 11.5. The lowest BCUT2D eigenvalue weighted by molar-refractivity contribution is 0.660. The van der Waals surface area contributed by atoms with Crippen LogP contribution in [-0.4, -0.2) is 9.97 Å². The number of fused-ring (bicyclic) bond motifs is 3. The van der Waals surface area contributed by atoms with E-state index in [4.69, 9.17) is 9.97 Å². The standard InChI is InChI=1S/C55H40N2/c1-55(2)50-27-13-12-26-46(50)49-34-47(39-18-8-4-9-19-39)48(35-51(49)55)44-24-14-22-42(32-44)43-23-15-25-45(33-43)54-56-52(40-20-10-5-11-21-40)36-53(57-54)41-30-28-38(29-31-41)37-16-6-3-7-17-37/h3-36H,1-2H3. The Morgan fingerprint density at radius 2 is 0.737 bits per heavy atom. The second-order valence-corrected chi connectivity index (χ2v) is 15.4. The van der Waals surface area contributed by atoms with Crippen molar-refractivity contribution in [2.45, 2.75) is 19.3 Å². The van der Waals surface area contributed by atoms with Gasteiger partial charge in [0.15, 0.2) is 5.82 Å². The van der Waals surface area contributed by atoms with E-state index >= 15 is 0 Å². The van der Waals surface area contributed by atoms with Crippen LogP contribution in [0.3, 0.4) is 0 Å². The summed E-state index contributed by atoms with van der Waals surface area (Å²) in [7, 11) is 0. The van der Waals surface area contributed by atoms with Gasteiger partial charge < -0.3 is 0 Å². The molecule has 0 spiro atoms. The average molecular weight is 729 g/mol. The SMILES string of the molecule is CC1(C)c2ccccc2-c2cc(-c3ccccc3)c(-c3cccc(-c4cccc(-c5nc(-c6ccccc6)cc(-c6ccc(-c7ccccc7)cc6)n5)c4)c3)cc21. The molecule has 0 aliphatic heterocycles. The topological polar surface area (TPSA) is 25.8 Å². The second kappa shape index (κ2) is 14.2. The molecule has 0 unspecified atom stereocenters. The fraction of sp³-hybridized carbons (Fsp3) is 0.0545. The maximum atomic E-state index is 5.20. The quantitative estimate of drug-likeness (QED) is 0.163. The highest BCUT2D eigenvalue weighted by Gasteiger charge is 2.36. The van der Waals surface area contributed by atoms with E-state index in [1.54, 1.807) is 0 Å². The Kier molecular flexibility index (Phi) is 8.53. The van der Waals surface area contributed by atoms with Gasteiger partial charge in [-0.3, -0.25) is 0 Å². The molecule has 0 saturated heterocycles. The molecule has 0 N–H and O–H groups in total. The predicted octanol–water partition coefficient (Wildman–Crippen LogP) is 14.5. The molecule has 1 aliphatic carbocycles. The zero-order valence-corrected chi connectivity index (χ0v) is 32.0. The van der Waals surface area contributed by atoms with Gasteiger partial charge in [0.2, 0.25) is 0 Å². The molecular weight excluding hydrogens is 689 g/mol. The van der Waals surface area contributed by atoms with Gasteiger partial charge in [0.05, 0.1) is 11.4 Å². The van der Waals surface area contributed by atoms with Crippen molar-refractivity contribution in [2.75, 3.05) is 0 Å². The van der Waals surface area contributed by atoms with Crippen LogP contribution in [0.1, 0.15) is 25.0 Å². The minimum absolute atomic E-state index is 0.0983. The van der Waals surface area contributed by atoms with Gasteiger partial charge in [0, 0.05) is 22.1 Å². The van der Waals surface area contributed by atoms with E-state index in [1.807, 2.05) is 12.1 Å². The van der Waals surface area contributed by atoms with Gasteiger partial charge in [0.1, 0.15) is 0 Å². The van der Waals surface area contributed by atoms with Crippen molar-refractivity contribution in [3.63, 3.8) is 0 Å². The molecule has 10 rings (SSSR count). The van der Waals surface area contributed by atoms with E-state index in [1.165, 1.54) is 55.6 Å². The predicted molar refractivity (Wildman–Crippen MR) is 238 cm³/mol. The molecule has 9 aromatic rings. The van der Waals surface area contributed by atoms with Gasteiger partial charge in [-0.2, -0.15) is 0 Å². The summed E-state index contributed by atoms with van der Waals surface area (Å²) in [5, 5.41) is 0. The Morgan fingerprint density at radius 1 is 0.281 bits per heavy atom. The third-order valence-electron chi connectivity index (χ3n) is 11.5. The molecule has 0 bridgehead atoms. The molecule has 8 aromatic carbocycles. The van der Waals surface area contributed by atoms with Crippen LogP contribution in [0.5, 0.6) is 0 Å². The number of aromatic nitrogens is 2. The van der Waals surface area contributed by atoms with Crippen molar-refractivity contribution in [1.29, 1.82) is 0 Å². The van der Waals surface area contributed by atoms with Gasteiger partial charge in [-0.05, 0) is 97.1 Å². The molecule has 0 radical (unpaired) electrons. The van der Waals surface area contributed by atoms with Crippen LogP contribution < -0.4 is 0 Å². The Morgan fingerprint density at radius 3 is 1.40 bits per heavy atom. The van der Waals surface area contributed by atoms with Crippen LogP contribution >= 0.6 is 0 Å². The molecule has 1 aliphatic rings. The zero-order chi connectivity index (χ0) is 38.3. The number of hydrogen-bond acceptors (Lipinski definition) is 2. The summed E-state index contributed by atoms with van der Waals surface area (Å²) in [4.78, 5) is 10.4. The maximum absolute atomic E-state index is 5.20. The molecular formula is C55H40N2. The van der Waals surface area contributed by atoms with Crippen LogP contribution in [0.4, 0.5) is 0 Å². The lowest BCUT2D eigenvalue weighted by atomic mass is 9.80. The van der Waals surface area contributed by atoms with E-state index in [9.17, 15) is 0 Å². The largest absolute Gasteiger partial charge is 0.228 e. The van der Waals surface area contributed by atoms with Crippen molar-refractivity contribution < 1.29 is 0 Å². The molecule has 270 valence electrons. The second-order valence-electron chi connectivity index (χ2n) is 15.4. The molecule has 0 saturated carbocycles. The summed E-state index contributed by atoms with van der Waals surface area (Å²) >= 11 is 0. The fourth-order valence-electron chi connectivity index (χ4n) is 8.49. The molecule has 2 nitrogen and oxygen atoms in total. The third kappa shape index (κ3) is 6.36. The molecule has 0 amide bonds. The van der Waals surface area contributed by atoms with E-state index < -0.39 is 0 Å². The number of benzene rings is 8. The van der Waals surface area contributed by atoms with E-state index in [0.29, 0.717) is 5.82 Å². The number of nitrogens with zero attached hydrogens (tertiary/aromatic N) is 2. The monoisotopic (exact) mass is 728 g/mol. The van der Waals surface area contributed by atoms with Gasteiger partial charge in [-0.1, -0.05) is 190 Å². The zero-order valence-electron chi connectivity index (χ0n) is 32.0. The highest BCUT2D eigenvalue weighted by molar-refractivity contribution is 5.93. The van der Waals surface area contributed by atoms with Crippen molar-refractivity contribution in [2.24, 2.45) is 0 Å². The molecule has 1 aromatic heterocycles. The molecule has 2 heteroatoms. The number of rotatable bonds is 7. The van der Waals surface area contributed by atoms with Crippen molar-refractivity contribution in [1.82, 2.24) is 9.97 Å². The number of hydrogen-bond donors (Lipinski definition) is 0. The highest BCUT2D eigenvalue weighted by atomic mass is 14.9. The van der Waals surface area contributed by atoms with E-state index in [2.05, 4.69) is 208 Å². The van der Waals surface area contributed by atoms with Gasteiger partial charge in [-0.25, -0.2) is 9.97 Å². The van der Waals surface area contributed by atoms with Crippen LogP contribution in [-0.2, 0) is 5.41 Å². The van der Waals surface area contributed by atoms with Crippen molar-refractivity contribution >= 4 is 0 Å². The average Bonchev–Trinajstić information content (AvgIpc) is 3.51. The summed E-state index contributed by atoms with van der Waals surface area (Å²) in [5.41, 5.74) is 19.7. The first kappa shape index (κ1) is 34.3. The van der Waals surface area contributed by atoms with E-state index in [-0.39, 0.29) is 5.41 Å². The molecule has 0 fully saturated rings. The first-order valence-corrected chi connectivity index (χ1v) is 19.6. The maximum Gasteiger partial charge on any atom is 0.160 e. The Balaban J connectivity index is 1.06. The van der Waals surface area contributed by atoms with Crippen LogP contribution in [0, 0.1) is 0 Å². The van der Waals surface area contributed by atoms with E-state index in [0.717, 1.165) is 39.2 Å². The minimum atomic E-state index is -0.0983. The Bertz CT molecular complexity index is 2890. The summed E-state index contributed by atoms with van der Waals surface area (Å²) in [6, 6.07) is 73.8. The van der Waals surface area contributed by atoms with Crippen LogP contribution in [0.25, 0.3) is 89.5 Å². The first-order valence-electron chi connectivity index (χ1n) is 19.6. The fourth-order valence-corrected chi connectivity index (χ4v) is 8.49. The van der Waals surface area contributed by atoms with Gasteiger partial charge in [0.25, 0.3) is 0 Å². The molecule has 1 heterocycles. The first-order chi connectivity index (χ1) is 28.0. The minimum Gasteiger partial charge on any atom is -0.228 e. The normalized spacial score (nSPS) is 12.5.